The van der Waals surface area contributed by atoms with Crippen molar-refractivity contribution in [3.8, 4) is 0 Å². The van der Waals surface area contributed by atoms with Gasteiger partial charge in [0.25, 0.3) is 5.89 Å². The van der Waals surface area contributed by atoms with E-state index in [9.17, 15) is 9.90 Å². The van der Waals surface area contributed by atoms with E-state index >= 15 is 0 Å². The Morgan fingerprint density at radius 1 is 1.60 bits per heavy atom. The van der Waals surface area contributed by atoms with Gasteiger partial charge >= 0.3 is 51.4 Å². The van der Waals surface area contributed by atoms with Gasteiger partial charge in [-0.25, -0.2) is 0 Å². The van der Waals surface area contributed by atoms with E-state index in [1.807, 2.05) is 0 Å². The summed E-state index contributed by atoms with van der Waals surface area (Å²) in [7, 11) is 0. The molecule has 0 aliphatic rings. The molecule has 0 bridgehead atoms. The molecule has 0 saturated carbocycles. The van der Waals surface area contributed by atoms with Gasteiger partial charge in [-0.2, -0.15) is 0 Å². The zero-order valence-electron chi connectivity index (χ0n) is 5.62. The molecule has 0 fully saturated rings. The monoisotopic (exact) mass is 166 g/mol. The first-order valence-electron chi connectivity index (χ1n) is 2.21. The smallest absolute Gasteiger partial charge is 0.540 e. The average Bonchev–Trinajstić information content (AvgIpc) is 2.14. The summed E-state index contributed by atoms with van der Waals surface area (Å²) < 4.78 is 4.46. The van der Waals surface area contributed by atoms with Crippen LogP contribution in [0.25, 0.3) is 0 Å². The summed E-state index contributed by atoms with van der Waals surface area (Å²) in [6.45, 7) is 1.50. The summed E-state index contributed by atoms with van der Waals surface area (Å²) in [6.07, 6.45) is 0. The second-order valence-electron chi connectivity index (χ2n) is 1.41. The van der Waals surface area contributed by atoms with Crippen LogP contribution in [0.15, 0.2) is 4.42 Å². The van der Waals surface area contributed by atoms with Crippen LogP contribution >= 0.6 is 0 Å². The van der Waals surface area contributed by atoms with Gasteiger partial charge in [0, 0.05) is 6.92 Å². The topological polar surface area (TPSA) is 79.0 Å². The fourth-order valence-electron chi connectivity index (χ4n) is 0.379. The molecule has 6 heteroatoms. The van der Waals surface area contributed by atoms with Gasteiger partial charge in [0.15, 0.2) is 0 Å². The minimum atomic E-state index is -1.45. The summed E-state index contributed by atoms with van der Waals surface area (Å²) in [5.41, 5.74) is 0. The molecule has 0 amide bonds. The first-order chi connectivity index (χ1) is 4.20. The van der Waals surface area contributed by atoms with Crippen LogP contribution in [0.2, 0.25) is 0 Å². The maximum Gasteiger partial charge on any atom is 1.00 e. The Morgan fingerprint density at radius 2 is 2.20 bits per heavy atom. The Bertz CT molecular complexity index is 234. The van der Waals surface area contributed by atoms with Crippen molar-refractivity contribution in [1.29, 1.82) is 0 Å². The third-order valence-corrected chi connectivity index (χ3v) is 0.701. The van der Waals surface area contributed by atoms with Crippen molar-refractivity contribution in [2.45, 2.75) is 6.92 Å². The van der Waals surface area contributed by atoms with Gasteiger partial charge in [0.05, 0.1) is 0 Å². The average molecular weight is 166 g/mol. The molecule has 0 N–H and O–H groups in total. The van der Waals surface area contributed by atoms with Crippen molar-refractivity contribution in [2.75, 3.05) is 0 Å². The third-order valence-electron chi connectivity index (χ3n) is 0.701. The van der Waals surface area contributed by atoms with Crippen molar-refractivity contribution >= 4 is 5.97 Å². The molecule has 48 valence electrons. The van der Waals surface area contributed by atoms with Crippen LogP contribution in [-0.2, 0) is 0 Å². The van der Waals surface area contributed by atoms with E-state index in [0.717, 1.165) is 0 Å². The van der Waals surface area contributed by atoms with E-state index in [1.54, 1.807) is 0 Å². The number of carbonyl (C=O) groups excluding carboxylic acids is 1. The Morgan fingerprint density at radius 3 is 2.40 bits per heavy atom. The van der Waals surface area contributed by atoms with Gasteiger partial charge in [-0.1, -0.05) is 0 Å². The van der Waals surface area contributed by atoms with Gasteiger partial charge in [0.1, 0.15) is 5.97 Å². The second-order valence-corrected chi connectivity index (χ2v) is 1.41. The van der Waals surface area contributed by atoms with Crippen LogP contribution in [0.1, 0.15) is 16.6 Å². The van der Waals surface area contributed by atoms with Crippen molar-refractivity contribution in [3.63, 3.8) is 0 Å². The van der Waals surface area contributed by atoms with Crippen molar-refractivity contribution in [3.05, 3.63) is 11.8 Å². The zero-order chi connectivity index (χ0) is 6.85. The summed E-state index contributed by atoms with van der Waals surface area (Å²) in [5.74, 6) is -1.71. The van der Waals surface area contributed by atoms with Crippen molar-refractivity contribution < 1.29 is 65.7 Å². The molecule has 10 heavy (non-hydrogen) atoms. The van der Waals surface area contributed by atoms with Crippen LogP contribution in [0.3, 0.4) is 0 Å². The summed E-state index contributed by atoms with van der Waals surface area (Å²) in [4.78, 5) is 9.91. The first kappa shape index (κ1) is 10.2. The maximum atomic E-state index is 9.91. The molecule has 1 aromatic heterocycles. The minimum absolute atomic E-state index is 0. The molecule has 0 atom stereocenters. The molecule has 0 aliphatic carbocycles. The van der Waals surface area contributed by atoms with Crippen LogP contribution in [0, 0.1) is 6.92 Å². The fourth-order valence-corrected chi connectivity index (χ4v) is 0.379. The third kappa shape index (κ3) is 2.47. The summed E-state index contributed by atoms with van der Waals surface area (Å²) in [6, 6.07) is 0. The maximum absolute atomic E-state index is 9.91. The molecule has 1 aromatic rings. The van der Waals surface area contributed by atoms with Gasteiger partial charge in [-0.05, 0) is 0 Å². The number of carbonyl (C=O) groups is 1. The Balaban J connectivity index is 0.000000810. The number of hydrogen-bond donors (Lipinski definition) is 0. The normalized spacial score (nSPS) is 8.50. The SMILES string of the molecule is Cc1nnc(C(=O)[O-])o1.[K+]. The molecular weight excluding hydrogens is 163 g/mol. The molecule has 0 aromatic carbocycles. The van der Waals surface area contributed by atoms with Gasteiger partial charge < -0.3 is 14.3 Å². The summed E-state index contributed by atoms with van der Waals surface area (Å²) >= 11 is 0. The van der Waals surface area contributed by atoms with Crippen molar-refractivity contribution in [1.82, 2.24) is 10.2 Å². The summed E-state index contributed by atoms with van der Waals surface area (Å²) in [5, 5.41) is 16.3. The second kappa shape index (κ2) is 4.19. The van der Waals surface area contributed by atoms with E-state index in [1.165, 1.54) is 6.92 Å². The van der Waals surface area contributed by atoms with Crippen LogP contribution in [0.4, 0.5) is 0 Å². The van der Waals surface area contributed by atoms with E-state index in [-0.39, 0.29) is 57.3 Å². The molecule has 5 nitrogen and oxygen atoms in total. The number of nitrogens with zero attached hydrogens (tertiary/aromatic N) is 2. The molecule has 1 rings (SSSR count). The van der Waals surface area contributed by atoms with Gasteiger partial charge in [-0.3, -0.25) is 0 Å². The standard InChI is InChI=1S/C4H4N2O3.K/c1-2-5-6-3(9-2)4(7)8;/h1H3,(H,7,8);/q;+1/p-1. The van der Waals surface area contributed by atoms with Crippen LogP contribution < -0.4 is 56.5 Å². The van der Waals surface area contributed by atoms with Gasteiger partial charge in [0.2, 0.25) is 5.89 Å². The van der Waals surface area contributed by atoms with E-state index in [0.29, 0.717) is 0 Å². The number of carboxylic acid groups (broad SMARTS) is 1. The molecule has 0 unspecified atom stereocenters. The number of aryl methyl sites for hydroxylation is 1. The minimum Gasteiger partial charge on any atom is -0.540 e. The predicted octanol–water partition coefficient (Wildman–Crippen LogP) is -4.25. The van der Waals surface area contributed by atoms with Crippen LogP contribution in [-0.4, -0.2) is 16.2 Å². The van der Waals surface area contributed by atoms with E-state index in [2.05, 4.69) is 14.6 Å². The van der Waals surface area contributed by atoms with Gasteiger partial charge in [-0.15, -0.1) is 10.2 Å². The quantitative estimate of drug-likeness (QED) is 0.395. The van der Waals surface area contributed by atoms with Crippen molar-refractivity contribution in [2.24, 2.45) is 0 Å². The first-order valence-corrected chi connectivity index (χ1v) is 2.21. The number of carboxylic acids is 1. The number of rotatable bonds is 1. The largest absolute Gasteiger partial charge is 1.00 e. The molecular formula is C4H3KN2O3. The number of aromatic nitrogens is 2. The molecule has 0 saturated heterocycles. The zero-order valence-corrected chi connectivity index (χ0v) is 8.74. The van der Waals surface area contributed by atoms with E-state index in [4.69, 9.17) is 0 Å². The number of hydrogen-bond acceptors (Lipinski definition) is 5. The molecule has 0 spiro atoms. The van der Waals surface area contributed by atoms with E-state index < -0.39 is 11.9 Å². The Labute approximate surface area is 99.2 Å². The fraction of sp³-hybridized carbons (Fsp3) is 0.250. The molecule has 0 radical (unpaired) electrons. The van der Waals surface area contributed by atoms with Crippen LogP contribution in [0.5, 0.6) is 0 Å². The molecule has 0 aliphatic heterocycles. The predicted molar refractivity (Wildman–Crippen MR) is 23.4 cm³/mol. The Kier molecular flexibility index (Phi) is 4.30. The number of aromatic carboxylic acids is 1. The Hall–Kier alpha value is 0.246. The molecule has 1 heterocycles.